The van der Waals surface area contributed by atoms with Gasteiger partial charge in [0.25, 0.3) is 0 Å². The number of hydrogen-bond acceptors (Lipinski definition) is 4. The third kappa shape index (κ3) is 10.4. The van der Waals surface area contributed by atoms with Crippen molar-refractivity contribution in [3.8, 4) is 0 Å². The number of carbonyl (C=O) groups excluding carboxylic acids is 2. The minimum atomic E-state index is -0.519. The molecule has 2 fully saturated rings. The number of aliphatic imine (C=N–C) groups is 1. The van der Waals surface area contributed by atoms with Crippen LogP contribution in [-0.4, -0.2) is 67.7 Å². The van der Waals surface area contributed by atoms with E-state index >= 15 is 0 Å². The lowest BCUT2D eigenvalue weighted by atomic mass is 10.2. The molecule has 0 aromatic carbocycles. The summed E-state index contributed by atoms with van der Waals surface area (Å²) in [6.07, 6.45) is 6.47. The van der Waals surface area contributed by atoms with E-state index in [1.807, 2.05) is 20.8 Å². The Morgan fingerprint density at radius 1 is 1.14 bits per heavy atom. The lowest BCUT2D eigenvalue weighted by Crippen LogP contribution is -2.50. The SMILES string of the molecule is CN(C)C(=O)CN=C(NCC(NC(=O)OC(C)(C)C)C1CC1)NC1CCCC1.I. The summed E-state index contributed by atoms with van der Waals surface area (Å²) in [5.74, 6) is 1.05. The van der Waals surface area contributed by atoms with Crippen LogP contribution in [0.2, 0.25) is 0 Å². The molecule has 2 rings (SSSR count). The Labute approximate surface area is 192 Å². The first-order valence-electron chi connectivity index (χ1n) is 10.4. The number of ether oxygens (including phenoxy) is 1. The highest BCUT2D eigenvalue weighted by atomic mass is 127. The zero-order valence-electron chi connectivity index (χ0n) is 18.4. The van der Waals surface area contributed by atoms with Gasteiger partial charge in [-0.2, -0.15) is 0 Å². The van der Waals surface area contributed by atoms with Crippen molar-refractivity contribution < 1.29 is 14.3 Å². The molecule has 1 unspecified atom stereocenters. The average molecular weight is 523 g/mol. The molecule has 0 radical (unpaired) electrons. The minimum absolute atomic E-state index is 0. The van der Waals surface area contributed by atoms with Crippen molar-refractivity contribution in [1.82, 2.24) is 20.9 Å². The van der Waals surface area contributed by atoms with E-state index < -0.39 is 11.7 Å². The van der Waals surface area contributed by atoms with Gasteiger partial charge in [0.05, 0.1) is 6.04 Å². The fourth-order valence-corrected chi connectivity index (χ4v) is 3.20. The Morgan fingerprint density at radius 2 is 1.76 bits per heavy atom. The van der Waals surface area contributed by atoms with Crippen LogP contribution in [0.5, 0.6) is 0 Å². The molecular formula is C20H38IN5O3. The number of nitrogens with zero attached hydrogens (tertiary/aromatic N) is 2. The molecule has 2 amide bonds. The summed E-state index contributed by atoms with van der Waals surface area (Å²) in [5, 5.41) is 9.76. The lowest BCUT2D eigenvalue weighted by molar-refractivity contribution is -0.127. The summed E-state index contributed by atoms with van der Waals surface area (Å²) >= 11 is 0. The quantitative estimate of drug-likeness (QED) is 0.271. The van der Waals surface area contributed by atoms with Gasteiger partial charge in [-0.1, -0.05) is 12.8 Å². The molecule has 0 spiro atoms. The third-order valence-electron chi connectivity index (χ3n) is 4.95. The molecule has 0 aromatic heterocycles. The number of nitrogens with one attached hydrogen (secondary N) is 3. The number of carbonyl (C=O) groups is 2. The summed E-state index contributed by atoms with van der Waals surface area (Å²) in [7, 11) is 3.45. The maximum absolute atomic E-state index is 12.2. The van der Waals surface area contributed by atoms with E-state index in [1.165, 1.54) is 17.7 Å². The second-order valence-electron chi connectivity index (χ2n) is 9.05. The Morgan fingerprint density at radius 3 is 2.28 bits per heavy atom. The normalized spacial score (nSPS) is 18.4. The van der Waals surface area contributed by atoms with E-state index in [0.29, 0.717) is 24.5 Å². The Kier molecular flexibility index (Phi) is 10.5. The van der Waals surface area contributed by atoms with Crippen molar-refractivity contribution >= 4 is 41.9 Å². The summed E-state index contributed by atoms with van der Waals surface area (Å²) in [6, 6.07) is 0.369. The van der Waals surface area contributed by atoms with Gasteiger partial charge in [0.2, 0.25) is 5.91 Å². The van der Waals surface area contributed by atoms with Crippen LogP contribution in [0.15, 0.2) is 4.99 Å². The van der Waals surface area contributed by atoms with Crippen molar-refractivity contribution in [3.05, 3.63) is 0 Å². The Balaban J connectivity index is 0.00000420. The molecule has 8 nitrogen and oxygen atoms in total. The van der Waals surface area contributed by atoms with Gasteiger partial charge in [0, 0.05) is 26.7 Å². The van der Waals surface area contributed by atoms with Crippen molar-refractivity contribution in [2.24, 2.45) is 10.9 Å². The van der Waals surface area contributed by atoms with Gasteiger partial charge in [-0.3, -0.25) is 4.79 Å². The number of amides is 2. The van der Waals surface area contributed by atoms with Crippen LogP contribution in [0.1, 0.15) is 59.3 Å². The standard InChI is InChI=1S/C20H37N5O3.HI/c1-20(2,3)28-19(27)24-16(14-10-11-14)12-21-18(22-13-17(26)25(4)5)23-15-8-6-7-9-15;/h14-16H,6-13H2,1-5H3,(H,24,27)(H2,21,22,23);1H. The van der Waals surface area contributed by atoms with E-state index in [0.717, 1.165) is 25.7 Å². The summed E-state index contributed by atoms with van der Waals surface area (Å²) in [5.41, 5.74) is -0.519. The molecule has 2 saturated carbocycles. The van der Waals surface area contributed by atoms with Gasteiger partial charge in [0.15, 0.2) is 5.96 Å². The average Bonchev–Trinajstić information content (AvgIpc) is 3.30. The molecule has 0 bridgehead atoms. The van der Waals surface area contributed by atoms with E-state index in [2.05, 4.69) is 20.9 Å². The predicted molar refractivity (Wildman–Crippen MR) is 126 cm³/mol. The van der Waals surface area contributed by atoms with Crippen LogP contribution in [0.3, 0.4) is 0 Å². The summed E-state index contributed by atoms with van der Waals surface area (Å²) < 4.78 is 5.39. The highest BCUT2D eigenvalue weighted by molar-refractivity contribution is 14.0. The van der Waals surface area contributed by atoms with Crippen LogP contribution in [-0.2, 0) is 9.53 Å². The minimum Gasteiger partial charge on any atom is -0.444 e. The second-order valence-corrected chi connectivity index (χ2v) is 9.05. The van der Waals surface area contributed by atoms with Crippen molar-refractivity contribution in [3.63, 3.8) is 0 Å². The highest BCUT2D eigenvalue weighted by Gasteiger charge is 2.33. The Hall–Kier alpha value is -1.26. The van der Waals surface area contributed by atoms with E-state index in [1.54, 1.807) is 14.1 Å². The zero-order valence-corrected chi connectivity index (χ0v) is 20.7. The smallest absolute Gasteiger partial charge is 0.407 e. The molecule has 0 saturated heterocycles. The first kappa shape index (κ1) is 25.8. The highest BCUT2D eigenvalue weighted by Crippen LogP contribution is 2.32. The number of halogens is 1. The van der Waals surface area contributed by atoms with Gasteiger partial charge in [0.1, 0.15) is 12.1 Å². The fraction of sp³-hybridized carbons (Fsp3) is 0.850. The molecule has 1 atom stereocenters. The fourth-order valence-electron chi connectivity index (χ4n) is 3.20. The number of alkyl carbamates (subject to hydrolysis) is 1. The first-order valence-corrected chi connectivity index (χ1v) is 10.4. The van der Waals surface area contributed by atoms with Crippen LogP contribution < -0.4 is 16.0 Å². The maximum atomic E-state index is 12.2. The molecule has 9 heteroatoms. The molecule has 3 N–H and O–H groups in total. The molecule has 0 aliphatic heterocycles. The molecule has 2 aliphatic carbocycles. The predicted octanol–water partition coefficient (Wildman–Crippen LogP) is 2.47. The van der Waals surface area contributed by atoms with Crippen LogP contribution >= 0.6 is 24.0 Å². The number of guanidine groups is 1. The summed E-state index contributed by atoms with van der Waals surface area (Å²) in [6.45, 7) is 6.22. The summed E-state index contributed by atoms with van der Waals surface area (Å²) in [4.78, 5) is 30.1. The van der Waals surface area contributed by atoms with Crippen LogP contribution in [0.25, 0.3) is 0 Å². The molecule has 0 aromatic rings. The van der Waals surface area contributed by atoms with Crippen molar-refractivity contribution in [1.29, 1.82) is 0 Å². The zero-order chi connectivity index (χ0) is 20.7. The van der Waals surface area contributed by atoms with Crippen LogP contribution in [0.4, 0.5) is 4.79 Å². The molecule has 2 aliphatic rings. The number of rotatable bonds is 7. The molecule has 168 valence electrons. The van der Waals surface area contributed by atoms with Gasteiger partial charge in [-0.05, 0) is 52.4 Å². The van der Waals surface area contributed by atoms with Gasteiger partial charge < -0.3 is 25.6 Å². The first-order chi connectivity index (χ1) is 13.1. The van der Waals surface area contributed by atoms with E-state index in [9.17, 15) is 9.59 Å². The van der Waals surface area contributed by atoms with Crippen LogP contribution in [0, 0.1) is 5.92 Å². The largest absolute Gasteiger partial charge is 0.444 e. The van der Waals surface area contributed by atoms with Gasteiger partial charge in [-0.25, -0.2) is 9.79 Å². The monoisotopic (exact) mass is 523 g/mol. The third-order valence-corrected chi connectivity index (χ3v) is 4.95. The van der Waals surface area contributed by atoms with Crippen molar-refractivity contribution in [2.75, 3.05) is 27.2 Å². The van der Waals surface area contributed by atoms with E-state index in [-0.39, 0.29) is 42.5 Å². The van der Waals surface area contributed by atoms with Crippen molar-refractivity contribution in [2.45, 2.75) is 77.0 Å². The van der Waals surface area contributed by atoms with Gasteiger partial charge in [-0.15, -0.1) is 24.0 Å². The topological polar surface area (TPSA) is 95.1 Å². The maximum Gasteiger partial charge on any atom is 0.407 e. The number of likely N-dealkylation sites (N-methyl/N-ethyl adjacent to an activating group) is 1. The Bertz CT molecular complexity index is 567. The van der Waals surface area contributed by atoms with E-state index in [4.69, 9.17) is 4.74 Å². The molecular weight excluding hydrogens is 485 g/mol. The number of hydrogen-bond donors (Lipinski definition) is 3. The molecule has 29 heavy (non-hydrogen) atoms. The molecule has 0 heterocycles. The van der Waals surface area contributed by atoms with Gasteiger partial charge >= 0.3 is 6.09 Å². The second kappa shape index (κ2) is 11.8. The lowest BCUT2D eigenvalue weighted by Gasteiger charge is -2.25.